The van der Waals surface area contributed by atoms with Crippen molar-refractivity contribution in [3.63, 3.8) is 0 Å². The molecular weight excluding hydrogens is 322 g/mol. The van der Waals surface area contributed by atoms with Gasteiger partial charge < -0.3 is 15.6 Å². The number of aromatic nitrogens is 4. The monoisotopic (exact) mass is 343 g/mol. The first-order valence-electron chi connectivity index (χ1n) is 8.58. The number of fused-ring (bicyclic) bond motifs is 3. The number of hydrogen-bond donors (Lipinski definition) is 2. The van der Waals surface area contributed by atoms with Crippen molar-refractivity contribution < 1.29 is 14.6 Å². The maximum Gasteiger partial charge on any atom is 0.272 e. The molecule has 1 amide bonds. The van der Waals surface area contributed by atoms with Crippen molar-refractivity contribution in [1.82, 2.24) is 20.1 Å². The Morgan fingerprint density at radius 2 is 2.36 bits per heavy atom. The van der Waals surface area contributed by atoms with E-state index >= 15 is 0 Å². The smallest absolute Gasteiger partial charge is 0.272 e. The topological polar surface area (TPSA) is 107 Å². The first kappa shape index (κ1) is 16.0. The van der Waals surface area contributed by atoms with Gasteiger partial charge in [-0.1, -0.05) is 13.8 Å². The van der Waals surface area contributed by atoms with Gasteiger partial charge in [-0.2, -0.15) is 9.83 Å². The Balaban J connectivity index is 1.72. The number of aliphatic hydroxyl groups is 1. The van der Waals surface area contributed by atoms with E-state index in [1.807, 2.05) is 13.8 Å². The largest absolute Gasteiger partial charge is 0.619 e. The standard InChI is InChI=1S/C17H21N5O3/c1-9(2)13(8-23)19-17(24)15-12-6-10-5-11(10)16(12)22(20-15)14-7-21(25)4-3-18-14/h3-4,7,9-11,13,23H,5-6,8H2,1-2H3,(H,19,24)/t10-,11-,13?/m1/s1. The Kier molecular flexibility index (Phi) is 3.72. The van der Waals surface area contributed by atoms with Crippen LogP contribution < -0.4 is 10.0 Å². The first-order valence-corrected chi connectivity index (χ1v) is 8.58. The van der Waals surface area contributed by atoms with Crippen molar-refractivity contribution in [3.8, 4) is 5.82 Å². The molecule has 2 aliphatic carbocycles. The van der Waals surface area contributed by atoms with Crippen LogP contribution in [0.2, 0.25) is 0 Å². The molecule has 2 aromatic heterocycles. The predicted molar refractivity (Wildman–Crippen MR) is 88.0 cm³/mol. The van der Waals surface area contributed by atoms with E-state index in [1.54, 1.807) is 4.68 Å². The van der Waals surface area contributed by atoms with Gasteiger partial charge in [-0.3, -0.25) is 4.79 Å². The summed E-state index contributed by atoms with van der Waals surface area (Å²) in [5.41, 5.74) is 2.32. The van der Waals surface area contributed by atoms with E-state index in [4.69, 9.17) is 0 Å². The van der Waals surface area contributed by atoms with E-state index in [-0.39, 0.29) is 24.5 Å². The lowest BCUT2D eigenvalue weighted by molar-refractivity contribution is -0.605. The van der Waals surface area contributed by atoms with Crippen LogP contribution in [0.5, 0.6) is 0 Å². The second kappa shape index (κ2) is 5.80. The number of rotatable bonds is 5. The molecule has 2 N–H and O–H groups in total. The predicted octanol–water partition coefficient (Wildman–Crippen LogP) is 0.307. The van der Waals surface area contributed by atoms with Crippen molar-refractivity contribution in [2.45, 2.75) is 38.6 Å². The third kappa shape index (κ3) is 2.66. The van der Waals surface area contributed by atoms with E-state index in [0.717, 1.165) is 24.1 Å². The summed E-state index contributed by atoms with van der Waals surface area (Å²) >= 11 is 0. The van der Waals surface area contributed by atoms with Crippen LogP contribution in [0, 0.1) is 17.0 Å². The van der Waals surface area contributed by atoms with E-state index in [1.165, 1.54) is 18.6 Å². The molecule has 25 heavy (non-hydrogen) atoms. The summed E-state index contributed by atoms with van der Waals surface area (Å²) in [5, 5.41) is 28.4. The Bertz CT molecular complexity index is 832. The van der Waals surface area contributed by atoms with E-state index < -0.39 is 0 Å². The molecule has 0 saturated heterocycles. The van der Waals surface area contributed by atoms with Crippen LogP contribution in [0.3, 0.4) is 0 Å². The molecule has 1 fully saturated rings. The molecule has 1 unspecified atom stereocenters. The molecular formula is C17H21N5O3. The Morgan fingerprint density at radius 3 is 3.04 bits per heavy atom. The fourth-order valence-corrected chi connectivity index (χ4v) is 3.61. The Morgan fingerprint density at radius 1 is 1.56 bits per heavy atom. The van der Waals surface area contributed by atoms with Crippen LogP contribution in [-0.4, -0.2) is 38.4 Å². The number of hydrogen-bond acceptors (Lipinski definition) is 5. The molecule has 0 spiro atoms. The van der Waals surface area contributed by atoms with Gasteiger partial charge in [-0.15, -0.1) is 0 Å². The number of aliphatic hydroxyl groups excluding tert-OH is 1. The third-order valence-corrected chi connectivity index (χ3v) is 5.18. The normalized spacial score (nSPS) is 21.8. The van der Waals surface area contributed by atoms with Crippen molar-refractivity contribution >= 4 is 5.91 Å². The SMILES string of the molecule is CC(C)C(CO)NC(=O)c1nn(-c2c[n+]([O-])ccn2)c2c1C[C@H]1C[C@@H]21. The van der Waals surface area contributed by atoms with Crippen LogP contribution in [0.15, 0.2) is 18.6 Å². The number of nitrogens with zero attached hydrogens (tertiary/aromatic N) is 4. The summed E-state index contributed by atoms with van der Waals surface area (Å²) in [6.45, 7) is 3.77. The summed E-state index contributed by atoms with van der Waals surface area (Å²) < 4.78 is 2.32. The fraction of sp³-hybridized carbons (Fsp3) is 0.529. The molecule has 4 rings (SSSR count). The molecule has 2 aromatic rings. The van der Waals surface area contributed by atoms with Gasteiger partial charge in [0, 0.05) is 11.5 Å². The molecule has 8 heteroatoms. The van der Waals surface area contributed by atoms with Crippen LogP contribution in [0.4, 0.5) is 0 Å². The minimum absolute atomic E-state index is 0.117. The molecule has 2 heterocycles. The maximum atomic E-state index is 12.7. The zero-order valence-electron chi connectivity index (χ0n) is 14.2. The van der Waals surface area contributed by atoms with Crippen molar-refractivity contribution in [3.05, 3.63) is 40.7 Å². The Labute approximate surface area is 145 Å². The third-order valence-electron chi connectivity index (χ3n) is 5.18. The van der Waals surface area contributed by atoms with Gasteiger partial charge in [0.05, 0.1) is 24.5 Å². The highest BCUT2D eigenvalue weighted by Crippen LogP contribution is 2.57. The second-order valence-corrected chi connectivity index (χ2v) is 7.21. The van der Waals surface area contributed by atoms with Gasteiger partial charge in [0.2, 0.25) is 12.0 Å². The lowest BCUT2D eigenvalue weighted by Gasteiger charge is -2.19. The van der Waals surface area contributed by atoms with Crippen LogP contribution in [0.25, 0.3) is 5.82 Å². The molecule has 2 aliphatic rings. The minimum atomic E-state index is -0.317. The highest BCUT2D eigenvalue weighted by Gasteiger charge is 2.50. The zero-order valence-corrected chi connectivity index (χ0v) is 14.2. The van der Waals surface area contributed by atoms with Gasteiger partial charge in [-0.25, -0.2) is 9.67 Å². The summed E-state index contributed by atoms with van der Waals surface area (Å²) in [6, 6.07) is -0.317. The minimum Gasteiger partial charge on any atom is -0.619 e. The molecule has 0 aliphatic heterocycles. The molecule has 132 valence electrons. The molecule has 0 bridgehead atoms. The van der Waals surface area contributed by atoms with Gasteiger partial charge in [0.25, 0.3) is 5.91 Å². The van der Waals surface area contributed by atoms with Gasteiger partial charge in [0.15, 0.2) is 11.9 Å². The summed E-state index contributed by atoms with van der Waals surface area (Å²) in [4.78, 5) is 17.0. The molecule has 0 aromatic carbocycles. The van der Waals surface area contributed by atoms with E-state index in [0.29, 0.717) is 28.1 Å². The lowest BCUT2D eigenvalue weighted by Crippen LogP contribution is -2.41. The number of carbonyl (C=O) groups is 1. The van der Waals surface area contributed by atoms with Crippen molar-refractivity contribution in [2.24, 2.45) is 11.8 Å². The van der Waals surface area contributed by atoms with Gasteiger partial charge in [-0.05, 0) is 24.7 Å². The van der Waals surface area contributed by atoms with Crippen molar-refractivity contribution in [1.29, 1.82) is 0 Å². The average molecular weight is 343 g/mol. The summed E-state index contributed by atoms with van der Waals surface area (Å²) in [5.74, 6) is 1.21. The van der Waals surface area contributed by atoms with Crippen LogP contribution >= 0.6 is 0 Å². The first-order chi connectivity index (χ1) is 12.0. The number of amides is 1. The van der Waals surface area contributed by atoms with E-state index in [9.17, 15) is 15.1 Å². The van der Waals surface area contributed by atoms with Crippen LogP contribution in [0.1, 0.15) is 47.9 Å². The number of nitrogens with one attached hydrogen (secondary N) is 1. The quantitative estimate of drug-likeness (QED) is 0.600. The van der Waals surface area contributed by atoms with Gasteiger partial charge in [0.1, 0.15) is 0 Å². The summed E-state index contributed by atoms with van der Waals surface area (Å²) in [6.07, 6.45) is 6.02. The van der Waals surface area contributed by atoms with Crippen LogP contribution in [-0.2, 0) is 6.42 Å². The molecule has 8 nitrogen and oxygen atoms in total. The maximum absolute atomic E-state index is 12.7. The summed E-state index contributed by atoms with van der Waals surface area (Å²) in [7, 11) is 0. The van der Waals surface area contributed by atoms with E-state index in [2.05, 4.69) is 15.4 Å². The average Bonchev–Trinajstić information content (AvgIpc) is 3.08. The zero-order chi connectivity index (χ0) is 17.7. The fourth-order valence-electron chi connectivity index (χ4n) is 3.61. The van der Waals surface area contributed by atoms with Crippen molar-refractivity contribution in [2.75, 3.05) is 6.61 Å². The lowest BCUT2D eigenvalue weighted by atomic mass is 10.0. The Hall–Kier alpha value is -2.48. The molecule has 0 radical (unpaired) electrons. The molecule has 3 atom stereocenters. The van der Waals surface area contributed by atoms with Gasteiger partial charge >= 0.3 is 0 Å². The second-order valence-electron chi connectivity index (χ2n) is 7.21. The number of carbonyl (C=O) groups excluding carboxylic acids is 1. The highest BCUT2D eigenvalue weighted by atomic mass is 16.5. The molecule has 1 saturated carbocycles. The highest BCUT2D eigenvalue weighted by molar-refractivity contribution is 5.94.